The first kappa shape index (κ1) is 21.7. The van der Waals surface area contributed by atoms with Crippen molar-refractivity contribution < 1.29 is 23.2 Å². The number of hydrogen-bond donors (Lipinski definition) is 2. The van der Waals surface area contributed by atoms with Crippen molar-refractivity contribution in [3.8, 4) is 0 Å². The number of aliphatic hydroxyl groups is 1. The van der Waals surface area contributed by atoms with E-state index in [1.807, 2.05) is 0 Å². The Bertz CT molecular complexity index is 995. The number of carbonyl (C=O) groups excluding carboxylic acids is 1. The Morgan fingerprint density at radius 2 is 1.73 bits per heavy atom. The van der Waals surface area contributed by atoms with E-state index in [0.717, 1.165) is 17.1 Å². The molecule has 30 heavy (non-hydrogen) atoms. The topological polar surface area (TPSA) is 130 Å². The number of nitrogens with zero attached hydrogens (tertiary/aromatic N) is 2. The van der Waals surface area contributed by atoms with Crippen LogP contribution >= 0.6 is 0 Å². The smallest absolute Gasteiger partial charge is 0.269 e. The summed E-state index contributed by atoms with van der Waals surface area (Å²) in [5.41, 5.74) is -0.0608. The number of sulfonamides is 1. The Kier molecular flexibility index (Phi) is 6.68. The number of nitro benzene ring substituents is 1. The molecule has 1 fully saturated rings. The summed E-state index contributed by atoms with van der Waals surface area (Å²) >= 11 is 0. The zero-order valence-electron chi connectivity index (χ0n) is 16.2. The van der Waals surface area contributed by atoms with Gasteiger partial charge >= 0.3 is 0 Å². The molecule has 0 aliphatic heterocycles. The average molecular weight is 433 g/mol. The van der Waals surface area contributed by atoms with Gasteiger partial charge in [-0.25, -0.2) is 8.42 Å². The summed E-state index contributed by atoms with van der Waals surface area (Å²) in [6.07, 6.45) is 2.29. The number of non-ortho nitro benzene ring substituents is 1. The van der Waals surface area contributed by atoms with Crippen LogP contribution in [0.5, 0.6) is 0 Å². The van der Waals surface area contributed by atoms with E-state index in [1.165, 1.54) is 36.4 Å². The minimum Gasteiger partial charge on any atom is -0.391 e. The van der Waals surface area contributed by atoms with Crippen LogP contribution in [-0.4, -0.2) is 43.0 Å². The monoisotopic (exact) mass is 433 g/mol. The van der Waals surface area contributed by atoms with E-state index >= 15 is 0 Å². The number of benzene rings is 2. The van der Waals surface area contributed by atoms with E-state index in [0.29, 0.717) is 12.8 Å². The molecule has 2 aromatic rings. The van der Waals surface area contributed by atoms with Gasteiger partial charge in [-0.15, -0.1) is 0 Å². The van der Waals surface area contributed by atoms with Crippen LogP contribution < -0.4 is 9.62 Å². The Morgan fingerprint density at radius 1 is 1.10 bits per heavy atom. The van der Waals surface area contributed by atoms with Crippen LogP contribution in [-0.2, 0) is 14.8 Å². The van der Waals surface area contributed by atoms with Gasteiger partial charge in [0, 0.05) is 12.1 Å². The third-order valence-electron chi connectivity index (χ3n) is 5.04. The molecule has 1 aliphatic rings. The summed E-state index contributed by atoms with van der Waals surface area (Å²) in [6.45, 7) is -0.516. The number of nitrogens with one attached hydrogen (secondary N) is 1. The molecule has 0 bridgehead atoms. The Morgan fingerprint density at radius 3 is 2.33 bits per heavy atom. The van der Waals surface area contributed by atoms with Crippen molar-refractivity contribution in [1.29, 1.82) is 0 Å². The lowest BCUT2D eigenvalue weighted by atomic mass is 9.92. The summed E-state index contributed by atoms with van der Waals surface area (Å²) < 4.78 is 27.3. The fourth-order valence-corrected chi connectivity index (χ4v) is 4.88. The Hall–Kier alpha value is -2.98. The number of aliphatic hydroxyl groups excluding tert-OH is 1. The summed E-state index contributed by atoms with van der Waals surface area (Å²) in [5.74, 6) is -0.557. The van der Waals surface area contributed by atoms with Crippen LogP contribution in [0.15, 0.2) is 59.5 Å². The predicted molar refractivity (Wildman–Crippen MR) is 110 cm³/mol. The second kappa shape index (κ2) is 9.23. The molecule has 0 radical (unpaired) electrons. The van der Waals surface area contributed by atoms with Crippen molar-refractivity contribution in [2.24, 2.45) is 0 Å². The van der Waals surface area contributed by atoms with Crippen molar-refractivity contribution in [3.63, 3.8) is 0 Å². The minimum atomic E-state index is -4.10. The van der Waals surface area contributed by atoms with Crippen LogP contribution in [0.4, 0.5) is 11.4 Å². The molecule has 0 saturated heterocycles. The normalized spacial score (nSPS) is 19.1. The van der Waals surface area contributed by atoms with E-state index in [1.54, 1.807) is 18.2 Å². The van der Waals surface area contributed by atoms with E-state index in [-0.39, 0.29) is 16.3 Å². The predicted octanol–water partition coefficient (Wildman–Crippen LogP) is 2.21. The van der Waals surface area contributed by atoms with Gasteiger partial charge in [0.25, 0.3) is 15.7 Å². The molecule has 0 spiro atoms. The molecule has 1 aliphatic carbocycles. The summed E-state index contributed by atoms with van der Waals surface area (Å²) in [4.78, 5) is 23.0. The fourth-order valence-electron chi connectivity index (χ4n) is 3.44. The highest BCUT2D eigenvalue weighted by Gasteiger charge is 2.30. The maximum Gasteiger partial charge on any atom is 0.269 e. The van der Waals surface area contributed by atoms with Crippen molar-refractivity contribution in [2.45, 2.75) is 42.7 Å². The number of carbonyl (C=O) groups is 1. The lowest BCUT2D eigenvalue weighted by Crippen LogP contribution is -2.49. The van der Waals surface area contributed by atoms with Crippen LogP contribution in [0.25, 0.3) is 0 Å². The molecule has 0 aromatic heterocycles. The van der Waals surface area contributed by atoms with Crippen molar-refractivity contribution >= 4 is 27.3 Å². The molecule has 1 amide bonds. The standard InChI is InChI=1S/C20H23N3O6S/c24-19-9-5-4-8-18(19)21-20(25)14-22(15-10-12-16(13-11-15)23(26)27)30(28,29)17-6-2-1-3-7-17/h1-3,6-7,10-13,18-19,24H,4-5,8-9,14H2,(H,21,25). The number of amides is 1. The molecule has 2 atom stereocenters. The van der Waals surface area contributed by atoms with Gasteiger partial charge in [0.05, 0.1) is 27.7 Å². The molecule has 160 valence electrons. The van der Waals surface area contributed by atoms with Crippen molar-refractivity contribution in [3.05, 3.63) is 64.7 Å². The minimum absolute atomic E-state index is 0.00569. The first-order valence-electron chi connectivity index (χ1n) is 9.59. The number of rotatable bonds is 7. The fraction of sp³-hybridized carbons (Fsp3) is 0.350. The number of nitro groups is 1. The SMILES string of the molecule is O=C(CN(c1ccc([N+](=O)[O-])cc1)S(=O)(=O)c1ccccc1)NC1CCCCC1O. The van der Waals surface area contributed by atoms with Crippen molar-refractivity contribution in [2.75, 3.05) is 10.8 Å². The highest BCUT2D eigenvalue weighted by atomic mass is 32.2. The molecule has 0 heterocycles. The van der Waals surface area contributed by atoms with E-state index in [2.05, 4.69) is 5.32 Å². The van der Waals surface area contributed by atoms with Crippen LogP contribution in [0.1, 0.15) is 25.7 Å². The lowest BCUT2D eigenvalue weighted by Gasteiger charge is -2.30. The van der Waals surface area contributed by atoms with Gasteiger partial charge < -0.3 is 10.4 Å². The van der Waals surface area contributed by atoms with Gasteiger partial charge in [-0.3, -0.25) is 19.2 Å². The lowest BCUT2D eigenvalue weighted by molar-refractivity contribution is -0.384. The van der Waals surface area contributed by atoms with Gasteiger partial charge in [0.1, 0.15) is 6.54 Å². The van der Waals surface area contributed by atoms with E-state index < -0.39 is 39.5 Å². The molecule has 3 rings (SSSR count). The second-order valence-corrected chi connectivity index (χ2v) is 8.99. The van der Waals surface area contributed by atoms with Gasteiger partial charge in [-0.05, 0) is 37.1 Å². The first-order chi connectivity index (χ1) is 14.3. The summed E-state index contributed by atoms with van der Waals surface area (Å²) in [5, 5.41) is 23.7. The highest BCUT2D eigenvalue weighted by Crippen LogP contribution is 2.26. The second-order valence-electron chi connectivity index (χ2n) is 7.12. The first-order valence-corrected chi connectivity index (χ1v) is 11.0. The Labute approximate surface area is 174 Å². The highest BCUT2D eigenvalue weighted by molar-refractivity contribution is 7.92. The average Bonchev–Trinajstić information content (AvgIpc) is 2.74. The van der Waals surface area contributed by atoms with Crippen LogP contribution in [0.3, 0.4) is 0 Å². The van der Waals surface area contributed by atoms with E-state index in [4.69, 9.17) is 0 Å². The molecule has 9 nitrogen and oxygen atoms in total. The Balaban J connectivity index is 1.89. The maximum absolute atomic E-state index is 13.2. The number of anilines is 1. The van der Waals surface area contributed by atoms with Crippen molar-refractivity contribution in [1.82, 2.24) is 5.32 Å². The van der Waals surface area contributed by atoms with Crippen LogP contribution in [0.2, 0.25) is 0 Å². The maximum atomic E-state index is 13.2. The van der Waals surface area contributed by atoms with Gasteiger partial charge in [0.2, 0.25) is 5.91 Å². The molecule has 2 N–H and O–H groups in total. The zero-order chi connectivity index (χ0) is 21.7. The summed E-state index contributed by atoms with van der Waals surface area (Å²) in [6, 6.07) is 12.2. The number of hydrogen-bond acceptors (Lipinski definition) is 6. The van der Waals surface area contributed by atoms with Gasteiger partial charge in [-0.1, -0.05) is 31.0 Å². The third-order valence-corrected chi connectivity index (χ3v) is 6.83. The van der Waals surface area contributed by atoms with Gasteiger partial charge in [0.15, 0.2) is 0 Å². The molecular weight excluding hydrogens is 410 g/mol. The molecule has 10 heteroatoms. The molecular formula is C20H23N3O6S. The van der Waals surface area contributed by atoms with Crippen LogP contribution in [0, 0.1) is 10.1 Å². The quantitative estimate of drug-likeness (QED) is 0.509. The summed E-state index contributed by atoms with van der Waals surface area (Å²) in [7, 11) is -4.10. The molecule has 1 saturated carbocycles. The largest absolute Gasteiger partial charge is 0.391 e. The third kappa shape index (κ3) is 4.95. The van der Waals surface area contributed by atoms with Gasteiger partial charge in [-0.2, -0.15) is 0 Å². The molecule has 2 unspecified atom stereocenters. The van der Waals surface area contributed by atoms with E-state index in [9.17, 15) is 28.4 Å². The molecule has 2 aromatic carbocycles. The zero-order valence-corrected chi connectivity index (χ0v) is 17.0.